The van der Waals surface area contributed by atoms with Crippen molar-refractivity contribution < 1.29 is 18.3 Å². The third-order valence-corrected chi connectivity index (χ3v) is 3.21. The van der Waals surface area contributed by atoms with Crippen LogP contribution in [0.1, 0.15) is 17.2 Å². The molecule has 0 aliphatic rings. The fourth-order valence-electron chi connectivity index (χ4n) is 2.22. The number of rotatable bonds is 5. The molecule has 112 valence electrons. The maximum atomic E-state index is 13.2. The van der Waals surface area contributed by atoms with E-state index in [0.717, 1.165) is 11.6 Å². The van der Waals surface area contributed by atoms with Gasteiger partial charge in [-0.2, -0.15) is 0 Å². The summed E-state index contributed by atoms with van der Waals surface area (Å²) in [6.45, 7) is 0. The molecule has 0 heterocycles. The Balaban J connectivity index is 2.28. The molecule has 0 spiro atoms. The Hall–Kier alpha value is -2.14. The summed E-state index contributed by atoms with van der Waals surface area (Å²) >= 11 is 0. The molecule has 0 fully saturated rings. The summed E-state index contributed by atoms with van der Waals surface area (Å²) in [6, 6.07) is 8.19. The van der Waals surface area contributed by atoms with Gasteiger partial charge in [-0.1, -0.05) is 0 Å². The molecule has 1 atom stereocenters. The second kappa shape index (κ2) is 6.54. The Morgan fingerprint density at radius 2 is 1.67 bits per heavy atom. The van der Waals surface area contributed by atoms with Gasteiger partial charge in [0.2, 0.25) is 0 Å². The molecule has 0 saturated heterocycles. The second-order valence-corrected chi connectivity index (χ2v) is 4.70. The van der Waals surface area contributed by atoms with Crippen LogP contribution < -0.4 is 15.2 Å². The van der Waals surface area contributed by atoms with Crippen molar-refractivity contribution in [2.75, 3.05) is 14.2 Å². The van der Waals surface area contributed by atoms with Crippen LogP contribution in [0.5, 0.6) is 11.5 Å². The van der Waals surface area contributed by atoms with Crippen molar-refractivity contribution in [2.24, 2.45) is 5.73 Å². The topological polar surface area (TPSA) is 44.5 Å². The maximum absolute atomic E-state index is 13.2. The average Bonchev–Trinajstić information content (AvgIpc) is 2.45. The van der Waals surface area contributed by atoms with Crippen molar-refractivity contribution in [3.05, 3.63) is 59.2 Å². The van der Waals surface area contributed by atoms with Crippen LogP contribution in [0.2, 0.25) is 0 Å². The summed E-state index contributed by atoms with van der Waals surface area (Å²) in [5.41, 5.74) is 7.36. The van der Waals surface area contributed by atoms with Gasteiger partial charge in [-0.05, 0) is 42.3 Å². The van der Waals surface area contributed by atoms with Crippen molar-refractivity contribution in [2.45, 2.75) is 12.5 Å². The van der Waals surface area contributed by atoms with Gasteiger partial charge < -0.3 is 15.2 Å². The number of hydrogen-bond donors (Lipinski definition) is 1. The zero-order valence-electron chi connectivity index (χ0n) is 11.9. The molecular weight excluding hydrogens is 276 g/mol. The smallest absolute Gasteiger partial charge is 0.126 e. The van der Waals surface area contributed by atoms with E-state index < -0.39 is 17.7 Å². The van der Waals surface area contributed by atoms with E-state index in [-0.39, 0.29) is 6.42 Å². The molecule has 2 N–H and O–H groups in total. The van der Waals surface area contributed by atoms with Gasteiger partial charge in [0, 0.05) is 17.7 Å². The van der Waals surface area contributed by atoms with Crippen LogP contribution in [0, 0.1) is 11.6 Å². The van der Waals surface area contributed by atoms with Crippen LogP contribution in [0.3, 0.4) is 0 Å². The van der Waals surface area contributed by atoms with Crippen molar-refractivity contribution in [1.82, 2.24) is 0 Å². The first kappa shape index (κ1) is 15.3. The van der Waals surface area contributed by atoms with Crippen LogP contribution in [-0.4, -0.2) is 14.2 Å². The van der Waals surface area contributed by atoms with Crippen LogP contribution in [0.4, 0.5) is 8.78 Å². The number of halogens is 2. The monoisotopic (exact) mass is 293 g/mol. The average molecular weight is 293 g/mol. The first-order chi connectivity index (χ1) is 10.0. The molecule has 1 unspecified atom stereocenters. The first-order valence-corrected chi connectivity index (χ1v) is 6.46. The summed E-state index contributed by atoms with van der Waals surface area (Å²) in [7, 11) is 3.10. The van der Waals surface area contributed by atoms with E-state index in [9.17, 15) is 8.78 Å². The highest BCUT2D eigenvalue weighted by Gasteiger charge is 2.15. The first-order valence-electron chi connectivity index (χ1n) is 6.46. The quantitative estimate of drug-likeness (QED) is 0.920. The number of methoxy groups -OCH3 is 2. The van der Waals surface area contributed by atoms with Gasteiger partial charge in [-0.25, -0.2) is 8.78 Å². The normalized spacial score (nSPS) is 12.0. The zero-order valence-corrected chi connectivity index (χ0v) is 11.9. The lowest BCUT2D eigenvalue weighted by Gasteiger charge is -2.17. The van der Waals surface area contributed by atoms with Gasteiger partial charge in [0.25, 0.3) is 0 Å². The van der Waals surface area contributed by atoms with Crippen molar-refractivity contribution in [1.29, 1.82) is 0 Å². The number of benzene rings is 2. The fourth-order valence-corrected chi connectivity index (χ4v) is 2.22. The van der Waals surface area contributed by atoms with Gasteiger partial charge >= 0.3 is 0 Å². The lowest BCUT2D eigenvalue weighted by Crippen LogP contribution is -2.15. The fraction of sp³-hybridized carbons (Fsp3) is 0.250. The van der Waals surface area contributed by atoms with E-state index in [4.69, 9.17) is 15.2 Å². The Kier molecular flexibility index (Phi) is 4.75. The minimum atomic E-state index is -0.616. The van der Waals surface area contributed by atoms with Gasteiger partial charge in [-0.15, -0.1) is 0 Å². The van der Waals surface area contributed by atoms with Crippen LogP contribution >= 0.6 is 0 Å². The minimum absolute atomic E-state index is 0.290. The third kappa shape index (κ3) is 3.70. The van der Waals surface area contributed by atoms with Gasteiger partial charge in [0.1, 0.15) is 23.1 Å². The molecule has 0 bridgehead atoms. The van der Waals surface area contributed by atoms with Crippen molar-refractivity contribution in [3.63, 3.8) is 0 Å². The van der Waals surface area contributed by atoms with E-state index in [1.807, 2.05) is 0 Å². The van der Waals surface area contributed by atoms with Crippen molar-refractivity contribution >= 4 is 0 Å². The Morgan fingerprint density at radius 1 is 1.00 bits per heavy atom. The minimum Gasteiger partial charge on any atom is -0.497 e. The standard InChI is InChI=1S/C16H17F2NO2/c1-20-13-3-4-16(21-2)14(9-13)15(19)7-10-5-11(17)8-12(18)6-10/h3-6,8-9,15H,7,19H2,1-2H3. The van der Waals surface area contributed by atoms with Gasteiger partial charge in [-0.3, -0.25) is 0 Å². The molecule has 0 aliphatic heterocycles. The van der Waals surface area contributed by atoms with E-state index in [1.165, 1.54) is 12.1 Å². The van der Waals surface area contributed by atoms with Crippen molar-refractivity contribution in [3.8, 4) is 11.5 Å². The Morgan fingerprint density at radius 3 is 2.24 bits per heavy atom. The molecule has 5 heteroatoms. The highest BCUT2D eigenvalue weighted by Crippen LogP contribution is 2.30. The molecule has 2 aromatic rings. The molecule has 0 amide bonds. The van der Waals surface area contributed by atoms with E-state index in [2.05, 4.69) is 0 Å². The maximum Gasteiger partial charge on any atom is 0.126 e. The van der Waals surface area contributed by atoms with E-state index in [0.29, 0.717) is 17.1 Å². The number of nitrogens with two attached hydrogens (primary N) is 1. The Bertz CT molecular complexity index is 611. The molecular formula is C16H17F2NO2. The third-order valence-electron chi connectivity index (χ3n) is 3.21. The van der Waals surface area contributed by atoms with Crippen LogP contribution in [0.15, 0.2) is 36.4 Å². The lowest BCUT2D eigenvalue weighted by molar-refractivity contribution is 0.395. The summed E-state index contributed by atoms with van der Waals surface area (Å²) in [4.78, 5) is 0. The Labute approximate surface area is 122 Å². The summed E-state index contributed by atoms with van der Waals surface area (Å²) in [6.07, 6.45) is 0.290. The summed E-state index contributed by atoms with van der Waals surface area (Å²) in [5, 5.41) is 0. The number of hydrogen-bond acceptors (Lipinski definition) is 3. The molecule has 2 rings (SSSR count). The van der Waals surface area contributed by atoms with Gasteiger partial charge in [0.15, 0.2) is 0 Å². The molecule has 21 heavy (non-hydrogen) atoms. The molecule has 0 aromatic heterocycles. The second-order valence-electron chi connectivity index (χ2n) is 4.70. The van der Waals surface area contributed by atoms with Gasteiger partial charge in [0.05, 0.1) is 14.2 Å². The predicted molar refractivity (Wildman–Crippen MR) is 76.5 cm³/mol. The van der Waals surface area contributed by atoms with Crippen LogP contribution in [0.25, 0.3) is 0 Å². The van der Waals surface area contributed by atoms with E-state index in [1.54, 1.807) is 32.4 Å². The summed E-state index contributed by atoms with van der Waals surface area (Å²) in [5.74, 6) is 0.0245. The van der Waals surface area contributed by atoms with E-state index >= 15 is 0 Å². The highest BCUT2D eigenvalue weighted by molar-refractivity contribution is 5.42. The largest absolute Gasteiger partial charge is 0.497 e. The molecule has 2 aromatic carbocycles. The molecule has 0 radical (unpaired) electrons. The van der Waals surface area contributed by atoms with Crippen LogP contribution in [-0.2, 0) is 6.42 Å². The zero-order chi connectivity index (χ0) is 15.4. The lowest BCUT2D eigenvalue weighted by atomic mass is 9.98. The predicted octanol–water partition coefficient (Wildman–Crippen LogP) is 3.22. The molecule has 0 aliphatic carbocycles. The summed E-state index contributed by atoms with van der Waals surface area (Å²) < 4.78 is 36.9. The highest BCUT2D eigenvalue weighted by atomic mass is 19.1. The molecule has 3 nitrogen and oxygen atoms in total. The molecule has 0 saturated carbocycles. The SMILES string of the molecule is COc1ccc(OC)c(C(N)Cc2cc(F)cc(F)c2)c1. The number of ether oxygens (including phenoxy) is 2.